The van der Waals surface area contributed by atoms with Crippen molar-refractivity contribution < 1.29 is 17.9 Å². The normalized spacial score (nSPS) is 16.0. The smallest absolute Gasteiger partial charge is 0.213 e. The standard InChI is InChI=1S/C23H19F3N2O/c1-2-29-22-11-7-15(13-27-22)14-6-8-16(19(26)12-14)20-9-10-21(28-20)23-17(24)4-3-5-18(23)25/h3-8,11-13,20H,2,9-10H2,1H3/t20-/m1/s1. The molecule has 0 unspecified atom stereocenters. The summed E-state index contributed by atoms with van der Waals surface area (Å²) in [5, 5.41) is 0. The summed E-state index contributed by atoms with van der Waals surface area (Å²) in [6, 6.07) is 11.7. The van der Waals surface area contributed by atoms with E-state index in [4.69, 9.17) is 4.74 Å². The Morgan fingerprint density at radius 3 is 2.38 bits per heavy atom. The molecule has 0 saturated carbocycles. The molecule has 1 aromatic heterocycles. The Morgan fingerprint density at radius 1 is 0.966 bits per heavy atom. The molecule has 0 aliphatic carbocycles. The van der Waals surface area contributed by atoms with Crippen LogP contribution in [0.1, 0.15) is 36.9 Å². The summed E-state index contributed by atoms with van der Waals surface area (Å²) in [6.07, 6.45) is 2.53. The molecule has 0 amide bonds. The molecule has 1 aliphatic rings. The predicted molar refractivity (Wildman–Crippen MR) is 106 cm³/mol. The van der Waals surface area contributed by atoms with Gasteiger partial charge in [0.1, 0.15) is 17.5 Å². The largest absolute Gasteiger partial charge is 0.478 e. The number of rotatable bonds is 5. The lowest BCUT2D eigenvalue weighted by Gasteiger charge is -2.11. The van der Waals surface area contributed by atoms with Crippen molar-refractivity contribution in [3.63, 3.8) is 0 Å². The monoisotopic (exact) mass is 396 g/mol. The lowest BCUT2D eigenvalue weighted by molar-refractivity contribution is 0.327. The molecule has 6 heteroatoms. The van der Waals surface area contributed by atoms with E-state index < -0.39 is 23.5 Å². The van der Waals surface area contributed by atoms with Gasteiger partial charge in [-0.2, -0.15) is 0 Å². The van der Waals surface area contributed by atoms with Crippen LogP contribution in [0.25, 0.3) is 11.1 Å². The van der Waals surface area contributed by atoms with Crippen molar-refractivity contribution in [1.29, 1.82) is 0 Å². The average Bonchev–Trinajstić information content (AvgIpc) is 3.18. The number of hydrogen-bond acceptors (Lipinski definition) is 3. The van der Waals surface area contributed by atoms with Crippen molar-refractivity contribution in [2.75, 3.05) is 6.61 Å². The van der Waals surface area contributed by atoms with E-state index in [1.807, 2.05) is 13.0 Å². The van der Waals surface area contributed by atoms with Crippen molar-refractivity contribution in [2.45, 2.75) is 25.8 Å². The van der Waals surface area contributed by atoms with Gasteiger partial charge in [-0.1, -0.05) is 18.2 Å². The zero-order valence-electron chi connectivity index (χ0n) is 15.8. The minimum Gasteiger partial charge on any atom is -0.478 e. The Bertz CT molecular complexity index is 1040. The van der Waals surface area contributed by atoms with Crippen LogP contribution >= 0.6 is 0 Å². The fourth-order valence-corrected chi connectivity index (χ4v) is 3.54. The number of nitrogens with zero attached hydrogens (tertiary/aromatic N) is 2. The SMILES string of the molecule is CCOc1ccc(-c2ccc([C@H]3CCC(c4c(F)cccc4F)=N3)c(F)c2)cn1. The quantitative estimate of drug-likeness (QED) is 0.539. The molecule has 2 heterocycles. The topological polar surface area (TPSA) is 34.5 Å². The van der Waals surface area contributed by atoms with Gasteiger partial charge in [0.15, 0.2) is 0 Å². The number of aromatic nitrogens is 1. The number of benzene rings is 2. The highest BCUT2D eigenvalue weighted by molar-refractivity contribution is 6.02. The molecule has 29 heavy (non-hydrogen) atoms. The summed E-state index contributed by atoms with van der Waals surface area (Å²) < 4.78 is 48.2. The average molecular weight is 396 g/mol. The number of pyridine rings is 1. The molecule has 3 nitrogen and oxygen atoms in total. The third-order valence-corrected chi connectivity index (χ3v) is 4.94. The van der Waals surface area contributed by atoms with Gasteiger partial charge in [0.25, 0.3) is 0 Å². The van der Waals surface area contributed by atoms with E-state index in [1.165, 1.54) is 24.3 Å². The molecule has 0 spiro atoms. The van der Waals surface area contributed by atoms with Crippen LogP contribution in [0, 0.1) is 17.5 Å². The molecule has 148 valence electrons. The Morgan fingerprint density at radius 2 is 1.72 bits per heavy atom. The maximum Gasteiger partial charge on any atom is 0.213 e. The van der Waals surface area contributed by atoms with Crippen LogP contribution in [0.5, 0.6) is 5.88 Å². The summed E-state index contributed by atoms with van der Waals surface area (Å²) in [6.45, 7) is 2.40. The minimum atomic E-state index is -0.650. The summed E-state index contributed by atoms with van der Waals surface area (Å²) in [5.74, 6) is -1.19. The second-order valence-electron chi connectivity index (χ2n) is 6.78. The van der Waals surface area contributed by atoms with Gasteiger partial charge in [-0.25, -0.2) is 18.2 Å². The molecular weight excluding hydrogens is 377 g/mol. The summed E-state index contributed by atoms with van der Waals surface area (Å²) in [7, 11) is 0. The third-order valence-electron chi connectivity index (χ3n) is 4.94. The molecule has 0 fully saturated rings. The van der Waals surface area contributed by atoms with Gasteiger partial charge in [-0.15, -0.1) is 0 Å². The first-order valence-electron chi connectivity index (χ1n) is 9.46. The van der Waals surface area contributed by atoms with Crippen molar-refractivity contribution >= 4 is 5.71 Å². The molecule has 1 aliphatic heterocycles. The second kappa shape index (κ2) is 8.07. The minimum absolute atomic E-state index is 0.118. The van der Waals surface area contributed by atoms with Crippen LogP contribution in [0.15, 0.2) is 59.7 Å². The van der Waals surface area contributed by atoms with Gasteiger partial charge < -0.3 is 4.74 Å². The fraction of sp³-hybridized carbons (Fsp3) is 0.217. The Labute approximate surface area is 166 Å². The maximum atomic E-state index is 14.8. The molecule has 0 bridgehead atoms. The molecule has 0 saturated heterocycles. The lowest BCUT2D eigenvalue weighted by atomic mass is 9.99. The maximum absolute atomic E-state index is 14.8. The van der Waals surface area contributed by atoms with Crippen LogP contribution in [-0.4, -0.2) is 17.3 Å². The van der Waals surface area contributed by atoms with Crippen molar-refractivity contribution in [3.8, 4) is 17.0 Å². The molecule has 4 rings (SSSR count). The molecule has 3 aromatic rings. The van der Waals surface area contributed by atoms with E-state index in [0.29, 0.717) is 42.2 Å². The van der Waals surface area contributed by atoms with Gasteiger partial charge in [-0.3, -0.25) is 4.99 Å². The molecule has 1 atom stereocenters. The molecule has 2 aromatic carbocycles. The van der Waals surface area contributed by atoms with Crippen LogP contribution < -0.4 is 4.74 Å². The van der Waals surface area contributed by atoms with Crippen molar-refractivity contribution in [3.05, 3.63) is 83.3 Å². The molecule has 0 N–H and O–H groups in total. The predicted octanol–water partition coefficient (Wildman–Crippen LogP) is 5.89. The fourth-order valence-electron chi connectivity index (χ4n) is 3.54. The van der Waals surface area contributed by atoms with Gasteiger partial charge in [0, 0.05) is 29.1 Å². The highest BCUT2D eigenvalue weighted by Crippen LogP contribution is 2.35. The van der Waals surface area contributed by atoms with E-state index in [9.17, 15) is 13.2 Å². The first-order valence-corrected chi connectivity index (χ1v) is 9.46. The van der Waals surface area contributed by atoms with Gasteiger partial charge in [0.2, 0.25) is 5.88 Å². The van der Waals surface area contributed by atoms with E-state index in [0.717, 1.165) is 5.56 Å². The Balaban J connectivity index is 1.59. The van der Waals surface area contributed by atoms with E-state index in [1.54, 1.807) is 24.4 Å². The van der Waals surface area contributed by atoms with Crippen molar-refractivity contribution in [1.82, 2.24) is 4.98 Å². The summed E-state index contributed by atoms with van der Waals surface area (Å²) in [4.78, 5) is 8.61. The van der Waals surface area contributed by atoms with Gasteiger partial charge >= 0.3 is 0 Å². The molecule has 0 radical (unpaired) electrons. The number of hydrogen-bond donors (Lipinski definition) is 0. The summed E-state index contributed by atoms with van der Waals surface area (Å²) in [5.41, 5.74) is 2.09. The first kappa shape index (κ1) is 19.2. The highest BCUT2D eigenvalue weighted by Gasteiger charge is 2.26. The van der Waals surface area contributed by atoms with Crippen LogP contribution in [0.3, 0.4) is 0 Å². The first-order chi connectivity index (χ1) is 14.1. The zero-order chi connectivity index (χ0) is 20.4. The molecular formula is C23H19F3N2O. The van der Waals surface area contributed by atoms with Crippen molar-refractivity contribution in [2.24, 2.45) is 4.99 Å². The van der Waals surface area contributed by atoms with Crippen LogP contribution in [0.4, 0.5) is 13.2 Å². The summed E-state index contributed by atoms with van der Waals surface area (Å²) >= 11 is 0. The van der Waals surface area contributed by atoms with E-state index >= 15 is 0 Å². The van der Waals surface area contributed by atoms with Gasteiger partial charge in [0.05, 0.1) is 18.2 Å². The van der Waals surface area contributed by atoms with Gasteiger partial charge in [-0.05, 0) is 49.6 Å². The lowest BCUT2D eigenvalue weighted by Crippen LogP contribution is -2.03. The van der Waals surface area contributed by atoms with E-state index in [2.05, 4.69) is 9.98 Å². The van der Waals surface area contributed by atoms with Crippen LogP contribution in [-0.2, 0) is 0 Å². The Kier molecular flexibility index (Phi) is 5.34. The third kappa shape index (κ3) is 3.88. The number of halogens is 3. The Hall–Kier alpha value is -3.15. The van der Waals surface area contributed by atoms with E-state index in [-0.39, 0.29) is 5.56 Å². The zero-order valence-corrected chi connectivity index (χ0v) is 15.8. The second-order valence-corrected chi connectivity index (χ2v) is 6.78. The number of ether oxygens (including phenoxy) is 1. The number of aliphatic imine (C=N–C) groups is 1. The van der Waals surface area contributed by atoms with Crippen LogP contribution in [0.2, 0.25) is 0 Å². The highest BCUT2D eigenvalue weighted by atomic mass is 19.1.